The van der Waals surface area contributed by atoms with Gasteiger partial charge in [-0.25, -0.2) is 4.79 Å². The number of allylic oxidation sites excluding steroid dienone is 6. The molecule has 0 fully saturated rings. The Kier molecular flexibility index (Phi) is 9.31. The third kappa shape index (κ3) is 6.77. The van der Waals surface area contributed by atoms with E-state index in [1.165, 1.54) is 27.0 Å². The van der Waals surface area contributed by atoms with E-state index in [-0.39, 0.29) is 12.1 Å². The Labute approximate surface area is 161 Å². The average Bonchev–Trinajstić information content (AvgIpc) is 2.86. The van der Waals surface area contributed by atoms with Gasteiger partial charge in [-0.15, -0.1) is 11.3 Å². The van der Waals surface area contributed by atoms with Crippen LogP contribution in [0.1, 0.15) is 54.7 Å². The number of thiophene rings is 1. The molecule has 0 aliphatic rings. The van der Waals surface area contributed by atoms with Crippen LogP contribution in [0, 0.1) is 13.8 Å². The van der Waals surface area contributed by atoms with E-state index in [1.54, 1.807) is 25.4 Å². The van der Waals surface area contributed by atoms with Gasteiger partial charge in [0, 0.05) is 22.9 Å². The number of rotatable bonds is 8. The molecule has 0 spiro atoms. The Morgan fingerprint density at radius 2 is 1.88 bits per heavy atom. The molecule has 0 bridgehead atoms. The Bertz CT molecular complexity index is 733. The molecule has 1 aromatic rings. The first-order valence-electron chi connectivity index (χ1n) is 8.80. The molecule has 1 atom stereocenters. The number of hydrogen-bond donors (Lipinski definition) is 0. The van der Waals surface area contributed by atoms with Crippen LogP contribution in [0.2, 0.25) is 0 Å². The second kappa shape index (κ2) is 10.9. The SMILES string of the molecule is CCOC(=O)C=C(C)/C=C/C=C(C)C=Cc1c(C)sc(C(C)OC)c1C. The number of methoxy groups -OCH3 is 1. The molecule has 1 aromatic heterocycles. The zero-order chi connectivity index (χ0) is 19.7. The van der Waals surface area contributed by atoms with Gasteiger partial charge in [0.15, 0.2) is 0 Å². The van der Waals surface area contributed by atoms with Crippen LogP contribution in [0.15, 0.2) is 41.5 Å². The summed E-state index contributed by atoms with van der Waals surface area (Å²) in [6, 6.07) is 0. The van der Waals surface area contributed by atoms with Crippen molar-refractivity contribution >= 4 is 23.4 Å². The molecular formula is C22H30O3S. The van der Waals surface area contributed by atoms with Crippen molar-refractivity contribution < 1.29 is 14.3 Å². The molecule has 4 heteroatoms. The maximum atomic E-state index is 11.4. The van der Waals surface area contributed by atoms with Crippen molar-refractivity contribution in [2.75, 3.05) is 13.7 Å². The molecule has 3 nitrogen and oxygen atoms in total. The van der Waals surface area contributed by atoms with Crippen molar-refractivity contribution in [1.29, 1.82) is 0 Å². The first-order chi connectivity index (χ1) is 12.3. The lowest BCUT2D eigenvalue weighted by Gasteiger charge is -2.08. The number of carbonyl (C=O) groups excluding carboxylic acids is 1. The summed E-state index contributed by atoms with van der Waals surface area (Å²) in [5.74, 6) is -0.306. The van der Waals surface area contributed by atoms with Gasteiger partial charge in [0.2, 0.25) is 0 Å². The Morgan fingerprint density at radius 3 is 2.50 bits per heavy atom. The summed E-state index contributed by atoms with van der Waals surface area (Å²) in [7, 11) is 1.74. The predicted octanol–water partition coefficient (Wildman–Crippen LogP) is 6.10. The minimum Gasteiger partial charge on any atom is -0.463 e. The highest BCUT2D eigenvalue weighted by atomic mass is 32.1. The van der Waals surface area contributed by atoms with Gasteiger partial charge < -0.3 is 9.47 Å². The van der Waals surface area contributed by atoms with E-state index >= 15 is 0 Å². The summed E-state index contributed by atoms with van der Waals surface area (Å²) in [5.41, 5.74) is 4.55. The van der Waals surface area contributed by atoms with Gasteiger partial charge in [-0.2, -0.15) is 0 Å². The highest BCUT2D eigenvalue weighted by Gasteiger charge is 2.14. The Balaban J connectivity index is 2.83. The Morgan fingerprint density at radius 1 is 1.19 bits per heavy atom. The van der Waals surface area contributed by atoms with Crippen molar-refractivity contribution in [3.8, 4) is 0 Å². The second-order valence-corrected chi connectivity index (χ2v) is 7.44. The van der Waals surface area contributed by atoms with E-state index in [1.807, 2.05) is 25.2 Å². The van der Waals surface area contributed by atoms with Crippen LogP contribution in [0.25, 0.3) is 6.08 Å². The molecule has 0 N–H and O–H groups in total. The summed E-state index contributed by atoms with van der Waals surface area (Å²) in [6.45, 7) is 12.5. The van der Waals surface area contributed by atoms with Gasteiger partial charge >= 0.3 is 5.97 Å². The molecule has 0 radical (unpaired) electrons. The summed E-state index contributed by atoms with van der Waals surface area (Å²) in [4.78, 5) is 14.0. The van der Waals surface area contributed by atoms with Crippen molar-refractivity contribution in [2.24, 2.45) is 0 Å². The van der Waals surface area contributed by atoms with E-state index < -0.39 is 0 Å². The summed E-state index contributed by atoms with van der Waals surface area (Å²) >= 11 is 1.80. The molecular weight excluding hydrogens is 344 g/mol. The van der Waals surface area contributed by atoms with E-state index in [4.69, 9.17) is 9.47 Å². The predicted molar refractivity (Wildman–Crippen MR) is 112 cm³/mol. The fourth-order valence-corrected chi connectivity index (χ4v) is 3.66. The Hall–Kier alpha value is -1.91. The third-order valence-corrected chi connectivity index (χ3v) is 5.39. The zero-order valence-corrected chi connectivity index (χ0v) is 17.7. The fraction of sp³-hybridized carbons (Fsp3) is 0.409. The van der Waals surface area contributed by atoms with Crippen LogP contribution in [0.3, 0.4) is 0 Å². The quantitative estimate of drug-likeness (QED) is 0.313. The van der Waals surface area contributed by atoms with Crippen LogP contribution in [-0.2, 0) is 14.3 Å². The lowest BCUT2D eigenvalue weighted by Crippen LogP contribution is -1.99. The number of ether oxygens (including phenoxy) is 2. The number of esters is 1. The van der Waals surface area contributed by atoms with Crippen LogP contribution < -0.4 is 0 Å². The van der Waals surface area contributed by atoms with Gasteiger partial charge in [-0.3, -0.25) is 0 Å². The monoisotopic (exact) mass is 374 g/mol. The van der Waals surface area contributed by atoms with Crippen LogP contribution in [0.5, 0.6) is 0 Å². The molecule has 0 amide bonds. The van der Waals surface area contributed by atoms with E-state index in [2.05, 4.69) is 39.8 Å². The second-order valence-electron chi connectivity index (χ2n) is 6.18. The first kappa shape index (κ1) is 22.1. The van der Waals surface area contributed by atoms with Crippen LogP contribution >= 0.6 is 11.3 Å². The van der Waals surface area contributed by atoms with Crippen molar-refractivity contribution in [3.05, 3.63) is 62.4 Å². The van der Waals surface area contributed by atoms with Gasteiger partial charge in [0.1, 0.15) is 0 Å². The van der Waals surface area contributed by atoms with E-state index in [0.29, 0.717) is 6.61 Å². The third-order valence-electron chi connectivity index (χ3n) is 4.00. The molecule has 1 heterocycles. The number of hydrogen-bond acceptors (Lipinski definition) is 4. The highest BCUT2D eigenvalue weighted by molar-refractivity contribution is 7.12. The molecule has 0 aromatic carbocycles. The summed E-state index contributed by atoms with van der Waals surface area (Å²) in [5, 5.41) is 0. The standard InChI is InChI=1S/C22H30O3S/c1-8-25-21(23)14-16(3)11-9-10-15(2)12-13-20-17(4)22(18(5)24-7)26-19(20)6/h9-14,18H,8H2,1-7H3/b11-9+,13-12?,15-10?,16-14?. The molecule has 0 saturated carbocycles. The van der Waals surface area contributed by atoms with Gasteiger partial charge in [-0.05, 0) is 58.2 Å². The van der Waals surface area contributed by atoms with Gasteiger partial charge in [0.25, 0.3) is 0 Å². The maximum absolute atomic E-state index is 11.4. The molecule has 142 valence electrons. The highest BCUT2D eigenvalue weighted by Crippen LogP contribution is 2.34. The lowest BCUT2D eigenvalue weighted by atomic mass is 10.1. The van der Waals surface area contributed by atoms with Crippen molar-refractivity contribution in [2.45, 2.75) is 47.6 Å². The summed E-state index contributed by atoms with van der Waals surface area (Å²) in [6.07, 6.45) is 11.7. The molecule has 0 saturated heterocycles. The maximum Gasteiger partial charge on any atom is 0.330 e. The normalized spacial score (nSPS) is 14.4. The van der Waals surface area contributed by atoms with E-state index in [9.17, 15) is 4.79 Å². The molecule has 0 aliphatic carbocycles. The molecule has 1 rings (SSSR count). The average molecular weight is 375 g/mol. The molecule has 0 aliphatic heterocycles. The minimum atomic E-state index is -0.306. The first-order valence-corrected chi connectivity index (χ1v) is 9.62. The number of carbonyl (C=O) groups is 1. The lowest BCUT2D eigenvalue weighted by molar-refractivity contribution is -0.137. The summed E-state index contributed by atoms with van der Waals surface area (Å²) < 4.78 is 10.3. The molecule has 1 unspecified atom stereocenters. The fourth-order valence-electron chi connectivity index (χ4n) is 2.47. The molecule has 26 heavy (non-hydrogen) atoms. The smallest absolute Gasteiger partial charge is 0.330 e. The topological polar surface area (TPSA) is 35.5 Å². The zero-order valence-electron chi connectivity index (χ0n) is 16.9. The van der Waals surface area contributed by atoms with Crippen LogP contribution in [-0.4, -0.2) is 19.7 Å². The van der Waals surface area contributed by atoms with E-state index in [0.717, 1.165) is 11.1 Å². The van der Waals surface area contributed by atoms with Crippen molar-refractivity contribution in [1.82, 2.24) is 0 Å². The number of aryl methyl sites for hydroxylation is 1. The minimum absolute atomic E-state index is 0.120. The van der Waals surface area contributed by atoms with Gasteiger partial charge in [-0.1, -0.05) is 36.0 Å². The van der Waals surface area contributed by atoms with Crippen molar-refractivity contribution in [3.63, 3.8) is 0 Å². The van der Waals surface area contributed by atoms with Gasteiger partial charge in [0.05, 0.1) is 12.7 Å². The van der Waals surface area contributed by atoms with Crippen LogP contribution in [0.4, 0.5) is 0 Å². The largest absolute Gasteiger partial charge is 0.463 e.